The lowest BCUT2D eigenvalue weighted by atomic mass is 10.4. The average molecular weight is 197 g/mol. The molecule has 4 heteroatoms. The Bertz CT molecular complexity index is 317. The van der Waals surface area contributed by atoms with Crippen molar-refractivity contribution < 1.29 is 9.53 Å². The van der Waals surface area contributed by atoms with Crippen molar-refractivity contribution >= 4 is 17.3 Å². The van der Waals surface area contributed by atoms with Crippen molar-refractivity contribution in [3.63, 3.8) is 0 Å². The molecule has 1 aliphatic carbocycles. The molecule has 0 amide bonds. The highest BCUT2D eigenvalue weighted by atomic mass is 32.1. The number of nitrogens with zero attached hydrogens (tertiary/aromatic N) is 1. The number of ether oxygens (including phenoxy) is 1. The number of rotatable bonds is 3. The summed E-state index contributed by atoms with van der Waals surface area (Å²) in [6.45, 7) is 2.21. The highest BCUT2D eigenvalue weighted by molar-refractivity contribution is 7.10. The van der Waals surface area contributed by atoms with E-state index >= 15 is 0 Å². The summed E-state index contributed by atoms with van der Waals surface area (Å²) in [6.07, 6.45) is 2.44. The zero-order valence-corrected chi connectivity index (χ0v) is 8.26. The zero-order valence-electron chi connectivity index (χ0n) is 7.45. The molecule has 1 aliphatic rings. The fourth-order valence-electron chi connectivity index (χ4n) is 1.10. The van der Waals surface area contributed by atoms with Crippen LogP contribution in [0.3, 0.4) is 0 Å². The van der Waals surface area contributed by atoms with E-state index in [-0.39, 0.29) is 5.97 Å². The van der Waals surface area contributed by atoms with Crippen molar-refractivity contribution in [1.82, 2.24) is 4.98 Å². The lowest BCUT2D eigenvalue weighted by molar-refractivity contribution is 0.0520. The van der Waals surface area contributed by atoms with Gasteiger partial charge >= 0.3 is 5.97 Å². The number of carbonyl (C=O) groups is 1. The Morgan fingerprint density at radius 1 is 1.77 bits per heavy atom. The maximum absolute atomic E-state index is 11.2. The number of thiazole rings is 1. The summed E-state index contributed by atoms with van der Waals surface area (Å²) in [6, 6.07) is 0. The van der Waals surface area contributed by atoms with Crippen LogP contribution in [0, 0.1) is 0 Å². The van der Waals surface area contributed by atoms with Crippen molar-refractivity contribution in [2.45, 2.75) is 25.7 Å². The average Bonchev–Trinajstić information content (AvgIpc) is 2.84. The number of hydrogen-bond donors (Lipinski definition) is 0. The van der Waals surface area contributed by atoms with Gasteiger partial charge in [0.2, 0.25) is 0 Å². The lowest BCUT2D eigenvalue weighted by Crippen LogP contribution is -2.04. The second-order valence-electron chi connectivity index (χ2n) is 3.07. The van der Waals surface area contributed by atoms with Gasteiger partial charge in [0, 0.05) is 11.3 Å². The molecule has 3 nitrogen and oxygen atoms in total. The molecule has 13 heavy (non-hydrogen) atoms. The topological polar surface area (TPSA) is 39.2 Å². The first-order valence-electron chi connectivity index (χ1n) is 4.43. The third kappa shape index (κ3) is 1.88. The van der Waals surface area contributed by atoms with Gasteiger partial charge in [-0.25, -0.2) is 9.78 Å². The molecule has 1 aromatic rings. The highest BCUT2D eigenvalue weighted by Gasteiger charge is 2.27. The lowest BCUT2D eigenvalue weighted by Gasteiger charge is -1.95. The van der Waals surface area contributed by atoms with Gasteiger partial charge < -0.3 is 4.74 Å². The number of aromatic nitrogens is 1. The smallest absolute Gasteiger partial charge is 0.357 e. The second-order valence-corrected chi connectivity index (χ2v) is 3.96. The van der Waals surface area contributed by atoms with E-state index in [1.165, 1.54) is 12.8 Å². The van der Waals surface area contributed by atoms with Crippen LogP contribution in [-0.2, 0) is 4.74 Å². The minimum atomic E-state index is -0.300. The van der Waals surface area contributed by atoms with Gasteiger partial charge in [-0.3, -0.25) is 0 Å². The molecule has 1 aromatic heterocycles. The van der Waals surface area contributed by atoms with E-state index in [1.54, 1.807) is 23.6 Å². The monoisotopic (exact) mass is 197 g/mol. The molecule has 0 radical (unpaired) electrons. The van der Waals surface area contributed by atoms with Gasteiger partial charge in [0.15, 0.2) is 5.69 Å². The maximum atomic E-state index is 11.2. The van der Waals surface area contributed by atoms with Crippen molar-refractivity contribution in [1.29, 1.82) is 0 Å². The summed E-state index contributed by atoms with van der Waals surface area (Å²) in [7, 11) is 0. The molecule has 0 atom stereocenters. The highest BCUT2D eigenvalue weighted by Crippen LogP contribution is 2.41. The molecule has 2 rings (SSSR count). The van der Waals surface area contributed by atoms with Crippen molar-refractivity contribution in [2.24, 2.45) is 0 Å². The summed E-state index contributed by atoms with van der Waals surface area (Å²) >= 11 is 1.56. The van der Waals surface area contributed by atoms with Gasteiger partial charge in [-0.05, 0) is 19.8 Å². The second kappa shape index (κ2) is 3.46. The summed E-state index contributed by atoms with van der Waals surface area (Å²) in [4.78, 5) is 15.5. The Kier molecular flexibility index (Phi) is 2.31. The fourth-order valence-corrected chi connectivity index (χ4v) is 2.06. The molecule has 0 aliphatic heterocycles. The van der Waals surface area contributed by atoms with Gasteiger partial charge in [0.05, 0.1) is 11.6 Å². The molecule has 0 aromatic carbocycles. The van der Waals surface area contributed by atoms with Gasteiger partial charge in [0.1, 0.15) is 0 Å². The number of hydrogen-bond acceptors (Lipinski definition) is 4. The Labute approximate surface area is 80.8 Å². The molecule has 0 N–H and O–H groups in total. The summed E-state index contributed by atoms with van der Waals surface area (Å²) in [5.41, 5.74) is 0.466. The zero-order chi connectivity index (χ0) is 9.26. The third-order valence-corrected chi connectivity index (χ3v) is 2.94. The normalized spacial score (nSPS) is 15.8. The number of carbonyl (C=O) groups excluding carboxylic acids is 1. The van der Waals surface area contributed by atoms with E-state index < -0.39 is 0 Å². The molecule has 70 valence electrons. The van der Waals surface area contributed by atoms with Crippen molar-refractivity contribution in [3.05, 3.63) is 16.1 Å². The largest absolute Gasteiger partial charge is 0.461 e. The Hall–Kier alpha value is -0.900. The minimum absolute atomic E-state index is 0.300. The summed E-state index contributed by atoms with van der Waals surface area (Å²) in [5, 5.41) is 2.87. The van der Waals surface area contributed by atoms with Crippen LogP contribution in [0.1, 0.15) is 41.2 Å². The van der Waals surface area contributed by atoms with Crippen LogP contribution in [-0.4, -0.2) is 17.6 Å². The Morgan fingerprint density at radius 3 is 3.15 bits per heavy atom. The van der Waals surface area contributed by atoms with Crippen LogP contribution in [0.2, 0.25) is 0 Å². The van der Waals surface area contributed by atoms with E-state index in [0.717, 1.165) is 5.01 Å². The van der Waals surface area contributed by atoms with Gasteiger partial charge in [-0.1, -0.05) is 0 Å². The van der Waals surface area contributed by atoms with E-state index in [9.17, 15) is 4.79 Å². The van der Waals surface area contributed by atoms with Crippen molar-refractivity contribution in [3.8, 4) is 0 Å². The first-order chi connectivity index (χ1) is 6.31. The fraction of sp³-hybridized carbons (Fsp3) is 0.556. The molecule has 0 bridgehead atoms. The van der Waals surface area contributed by atoms with Gasteiger partial charge in [0.25, 0.3) is 0 Å². The molecule has 0 saturated heterocycles. The summed E-state index contributed by atoms with van der Waals surface area (Å²) in [5.74, 6) is 0.318. The van der Waals surface area contributed by atoms with E-state index in [4.69, 9.17) is 4.74 Å². The molecular formula is C9H11NO2S. The van der Waals surface area contributed by atoms with Crippen LogP contribution in [0.4, 0.5) is 0 Å². The standard InChI is InChI=1S/C9H11NO2S/c1-2-12-9(11)7-5-13-8(10-7)6-3-4-6/h5-6H,2-4H2,1H3. The quantitative estimate of drug-likeness (QED) is 0.697. The maximum Gasteiger partial charge on any atom is 0.357 e. The molecule has 0 unspecified atom stereocenters. The van der Waals surface area contributed by atoms with Gasteiger partial charge in [-0.15, -0.1) is 11.3 Å². The minimum Gasteiger partial charge on any atom is -0.461 e. The van der Waals surface area contributed by atoms with Crippen LogP contribution >= 0.6 is 11.3 Å². The molecule has 1 heterocycles. The van der Waals surface area contributed by atoms with E-state index in [0.29, 0.717) is 18.2 Å². The third-order valence-electron chi connectivity index (χ3n) is 1.93. The predicted octanol–water partition coefficient (Wildman–Crippen LogP) is 2.20. The molecular weight excluding hydrogens is 186 g/mol. The molecule has 1 fully saturated rings. The van der Waals surface area contributed by atoms with E-state index in [2.05, 4.69) is 4.98 Å². The van der Waals surface area contributed by atoms with Gasteiger partial charge in [-0.2, -0.15) is 0 Å². The van der Waals surface area contributed by atoms with Crippen LogP contribution in [0.5, 0.6) is 0 Å². The first kappa shape index (κ1) is 8.69. The predicted molar refractivity (Wildman–Crippen MR) is 50.0 cm³/mol. The summed E-state index contributed by atoms with van der Waals surface area (Å²) < 4.78 is 4.85. The Morgan fingerprint density at radius 2 is 2.54 bits per heavy atom. The van der Waals surface area contributed by atoms with Crippen molar-refractivity contribution in [2.75, 3.05) is 6.61 Å². The number of esters is 1. The van der Waals surface area contributed by atoms with Crippen LogP contribution < -0.4 is 0 Å². The van der Waals surface area contributed by atoms with Crippen LogP contribution in [0.15, 0.2) is 5.38 Å². The van der Waals surface area contributed by atoms with E-state index in [1.807, 2.05) is 0 Å². The molecule has 1 saturated carbocycles. The first-order valence-corrected chi connectivity index (χ1v) is 5.31. The van der Waals surface area contributed by atoms with Crippen LogP contribution in [0.25, 0.3) is 0 Å². The Balaban J connectivity index is 2.07. The SMILES string of the molecule is CCOC(=O)c1csc(C2CC2)n1. The molecule has 0 spiro atoms.